The first-order valence-electron chi connectivity index (χ1n) is 7.29. The minimum atomic E-state index is -0.522. The molecular formula is C17H10BrClN2O4S. The van der Waals surface area contributed by atoms with Gasteiger partial charge in [-0.25, -0.2) is 0 Å². The lowest BCUT2D eigenvalue weighted by Gasteiger charge is -2.12. The molecule has 0 unspecified atom stereocenters. The molecular weight excluding hydrogens is 444 g/mol. The minimum absolute atomic E-state index is 0.114. The molecule has 0 aliphatic carbocycles. The Kier molecular flexibility index (Phi) is 5.45. The maximum absolute atomic E-state index is 12.5. The van der Waals surface area contributed by atoms with Gasteiger partial charge in [0.05, 0.1) is 20.8 Å². The van der Waals surface area contributed by atoms with Crippen molar-refractivity contribution < 1.29 is 14.5 Å². The summed E-state index contributed by atoms with van der Waals surface area (Å²) >= 11 is 9.84. The highest BCUT2D eigenvalue weighted by molar-refractivity contribution is 9.10. The van der Waals surface area contributed by atoms with Gasteiger partial charge in [0.25, 0.3) is 16.8 Å². The number of thioether (sulfide) groups is 1. The van der Waals surface area contributed by atoms with Crippen molar-refractivity contribution in [2.24, 2.45) is 0 Å². The van der Waals surface area contributed by atoms with E-state index in [1.54, 1.807) is 30.3 Å². The number of carbonyl (C=O) groups is 2. The molecule has 0 aromatic heterocycles. The molecule has 0 bridgehead atoms. The fourth-order valence-corrected chi connectivity index (χ4v) is 3.81. The summed E-state index contributed by atoms with van der Waals surface area (Å²) in [4.78, 5) is 36.6. The zero-order valence-electron chi connectivity index (χ0n) is 13.0. The zero-order chi connectivity index (χ0) is 18.8. The first kappa shape index (κ1) is 18.6. The second-order valence-corrected chi connectivity index (χ2v) is 7.65. The molecule has 0 N–H and O–H groups in total. The van der Waals surface area contributed by atoms with Gasteiger partial charge in [0.1, 0.15) is 0 Å². The van der Waals surface area contributed by atoms with Gasteiger partial charge in [-0.2, -0.15) is 0 Å². The molecule has 0 atom stereocenters. The first-order chi connectivity index (χ1) is 12.3. The molecule has 1 aliphatic rings. The van der Waals surface area contributed by atoms with E-state index in [-0.39, 0.29) is 17.1 Å². The summed E-state index contributed by atoms with van der Waals surface area (Å²) in [7, 11) is 0. The Balaban J connectivity index is 1.85. The van der Waals surface area contributed by atoms with Gasteiger partial charge in [-0.15, -0.1) is 0 Å². The van der Waals surface area contributed by atoms with E-state index in [0.29, 0.717) is 15.1 Å². The maximum atomic E-state index is 12.5. The van der Waals surface area contributed by atoms with E-state index in [2.05, 4.69) is 15.9 Å². The number of benzene rings is 2. The van der Waals surface area contributed by atoms with Gasteiger partial charge < -0.3 is 0 Å². The van der Waals surface area contributed by atoms with E-state index in [1.807, 2.05) is 0 Å². The molecule has 2 amide bonds. The lowest BCUT2D eigenvalue weighted by molar-refractivity contribution is -0.385. The van der Waals surface area contributed by atoms with E-state index in [4.69, 9.17) is 11.6 Å². The SMILES string of the molecule is O=C1S/C(=C\c2ccc(Br)c([N+](=O)[O-])c2)C(=O)N1Cc1cccc(Cl)c1. The average molecular weight is 454 g/mol. The quantitative estimate of drug-likeness (QED) is 0.359. The van der Waals surface area contributed by atoms with Crippen LogP contribution in [0.5, 0.6) is 0 Å². The van der Waals surface area contributed by atoms with Crippen LogP contribution >= 0.6 is 39.3 Å². The normalized spacial score (nSPS) is 15.8. The van der Waals surface area contributed by atoms with Crippen molar-refractivity contribution in [3.8, 4) is 0 Å². The van der Waals surface area contributed by atoms with Gasteiger partial charge >= 0.3 is 0 Å². The Morgan fingerprint density at radius 3 is 2.69 bits per heavy atom. The van der Waals surface area contributed by atoms with Crippen LogP contribution in [0.25, 0.3) is 6.08 Å². The van der Waals surface area contributed by atoms with Crippen LogP contribution in [0.3, 0.4) is 0 Å². The van der Waals surface area contributed by atoms with Crippen LogP contribution in [0.1, 0.15) is 11.1 Å². The molecule has 2 aromatic carbocycles. The average Bonchev–Trinajstić information content (AvgIpc) is 2.84. The second kappa shape index (κ2) is 7.61. The van der Waals surface area contributed by atoms with Crippen molar-refractivity contribution >= 4 is 62.2 Å². The molecule has 1 aliphatic heterocycles. The maximum Gasteiger partial charge on any atom is 0.293 e. The topological polar surface area (TPSA) is 80.5 Å². The minimum Gasteiger partial charge on any atom is -0.268 e. The standard InChI is InChI=1S/C17H10BrClN2O4S/c18-13-5-4-10(7-14(13)21(24)25)8-15-16(22)20(17(23)26-15)9-11-2-1-3-12(19)6-11/h1-8H,9H2/b15-8-. The highest BCUT2D eigenvalue weighted by atomic mass is 79.9. The molecule has 132 valence electrons. The van der Waals surface area contributed by atoms with Crippen molar-refractivity contribution in [2.75, 3.05) is 0 Å². The lowest BCUT2D eigenvalue weighted by Crippen LogP contribution is -2.27. The van der Waals surface area contributed by atoms with Gasteiger partial charge in [-0.3, -0.25) is 24.6 Å². The van der Waals surface area contributed by atoms with Crippen LogP contribution in [0, 0.1) is 10.1 Å². The van der Waals surface area contributed by atoms with E-state index in [0.717, 1.165) is 22.2 Å². The predicted octanol–water partition coefficient (Wildman–Crippen LogP) is 5.25. The Bertz CT molecular complexity index is 964. The van der Waals surface area contributed by atoms with E-state index in [1.165, 1.54) is 18.2 Å². The van der Waals surface area contributed by atoms with Crippen molar-refractivity contribution in [3.05, 3.63) is 78.1 Å². The summed E-state index contributed by atoms with van der Waals surface area (Å²) in [6.07, 6.45) is 1.47. The van der Waals surface area contributed by atoms with Crippen molar-refractivity contribution in [1.82, 2.24) is 4.90 Å². The molecule has 9 heteroatoms. The molecule has 1 fully saturated rings. The third kappa shape index (κ3) is 3.98. The summed E-state index contributed by atoms with van der Waals surface area (Å²) < 4.78 is 0.341. The summed E-state index contributed by atoms with van der Waals surface area (Å²) in [6, 6.07) is 11.4. The fourth-order valence-electron chi connectivity index (χ4n) is 2.36. The van der Waals surface area contributed by atoms with Crippen molar-refractivity contribution in [3.63, 3.8) is 0 Å². The Morgan fingerprint density at radius 1 is 1.23 bits per heavy atom. The van der Waals surface area contributed by atoms with E-state index < -0.39 is 16.1 Å². The number of imide groups is 1. The lowest BCUT2D eigenvalue weighted by atomic mass is 10.2. The molecule has 2 aromatic rings. The summed E-state index contributed by atoms with van der Waals surface area (Å²) in [5.74, 6) is -0.439. The molecule has 0 saturated carbocycles. The number of rotatable bonds is 4. The van der Waals surface area contributed by atoms with Crippen LogP contribution < -0.4 is 0 Å². The summed E-state index contributed by atoms with van der Waals surface area (Å²) in [5.41, 5.74) is 1.09. The van der Waals surface area contributed by atoms with Gasteiger partial charge in [0.15, 0.2) is 0 Å². The third-order valence-corrected chi connectivity index (χ3v) is 5.38. The number of halogens is 2. The largest absolute Gasteiger partial charge is 0.293 e. The number of hydrogen-bond acceptors (Lipinski definition) is 5. The number of nitro benzene ring substituents is 1. The molecule has 1 heterocycles. The van der Waals surface area contributed by atoms with E-state index in [9.17, 15) is 19.7 Å². The molecule has 6 nitrogen and oxygen atoms in total. The van der Waals surface area contributed by atoms with Crippen molar-refractivity contribution in [1.29, 1.82) is 0 Å². The monoisotopic (exact) mass is 452 g/mol. The van der Waals surface area contributed by atoms with Crippen LogP contribution in [-0.2, 0) is 11.3 Å². The van der Waals surface area contributed by atoms with Crippen molar-refractivity contribution in [2.45, 2.75) is 6.54 Å². The number of amides is 2. The van der Waals surface area contributed by atoms with Crippen LogP contribution in [0.4, 0.5) is 10.5 Å². The number of nitro groups is 1. The molecule has 0 radical (unpaired) electrons. The Morgan fingerprint density at radius 2 is 2.00 bits per heavy atom. The number of nitrogens with zero attached hydrogens (tertiary/aromatic N) is 2. The van der Waals surface area contributed by atoms with E-state index >= 15 is 0 Å². The second-order valence-electron chi connectivity index (χ2n) is 5.37. The Hall–Kier alpha value is -2.16. The third-order valence-electron chi connectivity index (χ3n) is 3.57. The zero-order valence-corrected chi connectivity index (χ0v) is 16.2. The van der Waals surface area contributed by atoms with Crippen LogP contribution in [-0.4, -0.2) is 21.0 Å². The molecule has 1 saturated heterocycles. The Labute approximate surface area is 166 Å². The molecule has 3 rings (SSSR count). The molecule has 26 heavy (non-hydrogen) atoms. The van der Waals surface area contributed by atoms with Gasteiger partial charge in [0.2, 0.25) is 0 Å². The number of carbonyl (C=O) groups excluding carboxylic acids is 2. The van der Waals surface area contributed by atoms with Crippen LogP contribution in [0.2, 0.25) is 5.02 Å². The van der Waals surface area contributed by atoms with Gasteiger partial charge in [0, 0.05) is 11.1 Å². The molecule has 0 spiro atoms. The smallest absolute Gasteiger partial charge is 0.268 e. The first-order valence-corrected chi connectivity index (χ1v) is 9.27. The number of hydrogen-bond donors (Lipinski definition) is 0. The summed E-state index contributed by atoms with van der Waals surface area (Å²) in [5, 5.41) is 11.1. The fraction of sp³-hybridized carbons (Fsp3) is 0.0588. The van der Waals surface area contributed by atoms with Gasteiger partial charge in [-0.1, -0.05) is 29.8 Å². The summed E-state index contributed by atoms with van der Waals surface area (Å²) in [6.45, 7) is 0.114. The highest BCUT2D eigenvalue weighted by Crippen LogP contribution is 2.34. The van der Waals surface area contributed by atoms with Gasteiger partial charge in [-0.05, 0) is 63.1 Å². The van der Waals surface area contributed by atoms with Crippen LogP contribution in [0.15, 0.2) is 51.8 Å². The highest BCUT2D eigenvalue weighted by Gasteiger charge is 2.35. The predicted molar refractivity (Wildman–Crippen MR) is 104 cm³/mol.